The lowest BCUT2D eigenvalue weighted by molar-refractivity contribution is -0.0440. The monoisotopic (exact) mass is 457 g/mol. The summed E-state index contributed by atoms with van der Waals surface area (Å²) >= 11 is 0. The van der Waals surface area contributed by atoms with E-state index in [2.05, 4.69) is 5.32 Å². The average Bonchev–Trinajstić information content (AvgIpc) is 3.12. The summed E-state index contributed by atoms with van der Waals surface area (Å²) in [6.07, 6.45) is -0.411. The van der Waals surface area contributed by atoms with Crippen molar-refractivity contribution in [3.63, 3.8) is 0 Å². The molecule has 1 aromatic heterocycles. The quantitative estimate of drug-likeness (QED) is 0.605. The second-order valence-corrected chi connectivity index (χ2v) is 9.66. The Labute approximate surface area is 185 Å². The molecule has 2 amide bonds. The summed E-state index contributed by atoms with van der Waals surface area (Å²) < 4.78 is 38.4. The van der Waals surface area contributed by atoms with Gasteiger partial charge in [0.05, 0.1) is 17.1 Å². The number of amides is 2. The predicted molar refractivity (Wildman–Crippen MR) is 118 cm³/mol. The highest BCUT2D eigenvalue weighted by atomic mass is 32.2. The first-order valence-corrected chi connectivity index (χ1v) is 11.5. The number of furan rings is 1. The van der Waals surface area contributed by atoms with Crippen LogP contribution in [0.15, 0.2) is 57.8 Å². The first-order valence-electron chi connectivity index (χ1n) is 10.0. The zero-order chi connectivity index (χ0) is 23.0. The number of hydrogen-bond donors (Lipinski definition) is 2. The van der Waals surface area contributed by atoms with Gasteiger partial charge in [-0.3, -0.25) is 9.59 Å². The Hall–Kier alpha value is -3.21. The molecule has 0 spiro atoms. The van der Waals surface area contributed by atoms with Gasteiger partial charge < -0.3 is 20.2 Å². The van der Waals surface area contributed by atoms with Crippen molar-refractivity contribution >= 4 is 38.5 Å². The van der Waals surface area contributed by atoms with Gasteiger partial charge in [-0.05, 0) is 50.2 Å². The molecule has 3 N–H and O–H groups in total. The molecule has 0 aliphatic carbocycles. The van der Waals surface area contributed by atoms with E-state index in [-0.39, 0.29) is 47.2 Å². The normalized spacial score (nSPS) is 19.7. The number of sulfonamides is 1. The van der Waals surface area contributed by atoms with Crippen LogP contribution in [0.1, 0.15) is 34.8 Å². The van der Waals surface area contributed by atoms with Crippen LogP contribution in [0.25, 0.3) is 11.0 Å². The molecular weight excluding hydrogens is 434 g/mol. The van der Waals surface area contributed by atoms with Gasteiger partial charge in [0.2, 0.25) is 15.8 Å². The molecule has 1 aliphatic rings. The third-order valence-electron chi connectivity index (χ3n) is 5.20. The van der Waals surface area contributed by atoms with Crippen molar-refractivity contribution in [3.05, 3.63) is 59.9 Å². The minimum absolute atomic E-state index is 0.0851. The molecule has 2 aromatic carbocycles. The van der Waals surface area contributed by atoms with Gasteiger partial charge in [-0.1, -0.05) is 12.1 Å². The van der Waals surface area contributed by atoms with E-state index in [1.54, 1.807) is 24.3 Å². The Bertz CT molecular complexity index is 1270. The lowest BCUT2D eigenvalue weighted by Gasteiger charge is -2.34. The van der Waals surface area contributed by atoms with E-state index in [4.69, 9.17) is 14.9 Å². The van der Waals surface area contributed by atoms with Crippen molar-refractivity contribution in [2.24, 2.45) is 5.73 Å². The van der Waals surface area contributed by atoms with Crippen LogP contribution in [-0.2, 0) is 14.8 Å². The number of primary amides is 1. The van der Waals surface area contributed by atoms with E-state index < -0.39 is 21.8 Å². The topological polar surface area (TPSA) is 132 Å². The highest BCUT2D eigenvalue weighted by molar-refractivity contribution is 7.89. The fourth-order valence-electron chi connectivity index (χ4n) is 3.78. The van der Waals surface area contributed by atoms with E-state index in [0.717, 1.165) is 0 Å². The summed E-state index contributed by atoms with van der Waals surface area (Å²) in [6, 6.07) is 12.4. The van der Waals surface area contributed by atoms with Gasteiger partial charge in [-0.15, -0.1) is 0 Å². The fourth-order valence-corrected chi connectivity index (χ4v) is 5.37. The molecule has 0 saturated carbocycles. The van der Waals surface area contributed by atoms with Crippen LogP contribution in [-0.4, -0.2) is 49.8 Å². The molecule has 2 unspecified atom stereocenters. The number of morpholine rings is 1. The molecule has 1 fully saturated rings. The first kappa shape index (κ1) is 22.0. The largest absolute Gasteiger partial charge is 0.449 e. The van der Waals surface area contributed by atoms with E-state index in [1.807, 2.05) is 13.8 Å². The van der Waals surface area contributed by atoms with E-state index >= 15 is 0 Å². The SMILES string of the molecule is CC1CN(S(=O)(=O)c2ccc(C(=O)Nc3c(C(N)=O)oc4ccccc34)cc2)CC(C)O1. The van der Waals surface area contributed by atoms with Crippen molar-refractivity contribution < 1.29 is 27.2 Å². The van der Waals surface area contributed by atoms with E-state index in [1.165, 1.54) is 28.6 Å². The van der Waals surface area contributed by atoms with Crippen molar-refractivity contribution in [2.45, 2.75) is 31.0 Å². The highest BCUT2D eigenvalue weighted by Crippen LogP contribution is 2.31. The molecule has 10 heteroatoms. The van der Waals surface area contributed by atoms with Gasteiger partial charge in [0.1, 0.15) is 11.3 Å². The standard InChI is InChI=1S/C22H23N3O6S/c1-13-11-25(12-14(2)30-13)32(28,29)16-9-7-15(8-10-16)22(27)24-19-17-5-3-4-6-18(17)31-20(19)21(23)26/h3-10,13-14H,11-12H2,1-2H3,(H2,23,26)(H,24,27). The van der Waals surface area contributed by atoms with Crippen LogP contribution in [0.4, 0.5) is 5.69 Å². The highest BCUT2D eigenvalue weighted by Gasteiger charge is 2.32. The molecule has 2 heterocycles. The lowest BCUT2D eigenvalue weighted by Crippen LogP contribution is -2.48. The van der Waals surface area contributed by atoms with Gasteiger partial charge >= 0.3 is 0 Å². The Balaban J connectivity index is 1.58. The maximum atomic E-state index is 13.0. The molecule has 0 bridgehead atoms. The molecule has 1 aliphatic heterocycles. The number of rotatable bonds is 5. The van der Waals surface area contributed by atoms with Crippen molar-refractivity contribution in [1.82, 2.24) is 4.31 Å². The van der Waals surface area contributed by atoms with Crippen LogP contribution in [0, 0.1) is 0 Å². The van der Waals surface area contributed by atoms with Gasteiger partial charge in [-0.25, -0.2) is 8.42 Å². The van der Waals surface area contributed by atoms with Gasteiger partial charge in [0.25, 0.3) is 11.8 Å². The minimum atomic E-state index is -3.72. The molecule has 3 aromatic rings. The molecular formula is C22H23N3O6S. The third kappa shape index (κ3) is 4.12. The molecule has 9 nitrogen and oxygen atoms in total. The number of ether oxygens (including phenoxy) is 1. The Morgan fingerprint density at radius 3 is 2.28 bits per heavy atom. The zero-order valence-corrected chi connectivity index (χ0v) is 18.4. The molecule has 32 heavy (non-hydrogen) atoms. The number of hydrogen-bond acceptors (Lipinski definition) is 6. The summed E-state index contributed by atoms with van der Waals surface area (Å²) in [5.41, 5.74) is 6.18. The Kier molecular flexibility index (Phi) is 5.76. The van der Waals surface area contributed by atoms with E-state index in [0.29, 0.717) is 11.0 Å². The number of fused-ring (bicyclic) bond motifs is 1. The summed E-state index contributed by atoms with van der Waals surface area (Å²) in [7, 11) is -3.72. The summed E-state index contributed by atoms with van der Waals surface area (Å²) in [4.78, 5) is 24.6. The van der Waals surface area contributed by atoms with Gasteiger partial charge in [0, 0.05) is 24.0 Å². The van der Waals surface area contributed by atoms with Crippen molar-refractivity contribution in [2.75, 3.05) is 18.4 Å². The number of benzene rings is 2. The number of para-hydroxylation sites is 1. The summed E-state index contributed by atoms with van der Waals surface area (Å²) in [6.45, 7) is 4.17. The maximum Gasteiger partial charge on any atom is 0.286 e. The second-order valence-electron chi connectivity index (χ2n) is 7.72. The Morgan fingerprint density at radius 2 is 1.66 bits per heavy atom. The van der Waals surface area contributed by atoms with Crippen molar-refractivity contribution in [3.8, 4) is 0 Å². The van der Waals surface area contributed by atoms with Crippen molar-refractivity contribution in [1.29, 1.82) is 0 Å². The minimum Gasteiger partial charge on any atom is -0.449 e. The average molecular weight is 458 g/mol. The summed E-state index contributed by atoms with van der Waals surface area (Å²) in [5.74, 6) is -1.50. The van der Waals surface area contributed by atoms with Gasteiger partial charge in [0.15, 0.2) is 0 Å². The Morgan fingerprint density at radius 1 is 1.03 bits per heavy atom. The molecule has 1 saturated heterocycles. The number of nitrogens with one attached hydrogen (secondary N) is 1. The van der Waals surface area contributed by atoms with Crippen LogP contribution in [0.2, 0.25) is 0 Å². The van der Waals surface area contributed by atoms with Crippen LogP contribution in [0.3, 0.4) is 0 Å². The van der Waals surface area contributed by atoms with Crippen LogP contribution < -0.4 is 11.1 Å². The molecule has 0 radical (unpaired) electrons. The molecule has 2 atom stereocenters. The van der Waals surface area contributed by atoms with Crippen LogP contribution >= 0.6 is 0 Å². The fraction of sp³-hybridized carbons (Fsp3) is 0.273. The zero-order valence-electron chi connectivity index (χ0n) is 17.6. The smallest absolute Gasteiger partial charge is 0.286 e. The molecule has 4 rings (SSSR count). The lowest BCUT2D eigenvalue weighted by atomic mass is 10.2. The number of nitrogens with zero attached hydrogens (tertiary/aromatic N) is 1. The first-order chi connectivity index (χ1) is 15.2. The maximum absolute atomic E-state index is 13.0. The summed E-state index contributed by atoms with van der Waals surface area (Å²) in [5, 5.41) is 3.19. The predicted octanol–water partition coefficient (Wildman–Crippen LogP) is 2.58. The number of carbonyl (C=O) groups excluding carboxylic acids is 2. The second kappa shape index (κ2) is 8.38. The number of anilines is 1. The third-order valence-corrected chi connectivity index (χ3v) is 7.04. The number of nitrogens with two attached hydrogens (primary N) is 1. The van der Waals surface area contributed by atoms with Gasteiger partial charge in [-0.2, -0.15) is 4.31 Å². The number of carbonyl (C=O) groups is 2. The van der Waals surface area contributed by atoms with E-state index in [9.17, 15) is 18.0 Å². The van der Waals surface area contributed by atoms with Crippen LogP contribution in [0.5, 0.6) is 0 Å². The molecule has 168 valence electrons.